The third-order valence-electron chi connectivity index (χ3n) is 3.38. The van der Waals surface area contributed by atoms with Crippen LogP contribution in [0.5, 0.6) is 5.75 Å². The molecule has 0 radical (unpaired) electrons. The quantitative estimate of drug-likeness (QED) is 0.766. The average molecular weight is 260 g/mol. The molecule has 3 heteroatoms. The number of hydrogen-bond acceptors (Lipinski definition) is 3. The first-order valence-corrected chi connectivity index (χ1v) is 6.80. The van der Waals surface area contributed by atoms with Crippen molar-refractivity contribution >= 4 is 0 Å². The van der Waals surface area contributed by atoms with Crippen LogP contribution >= 0.6 is 0 Å². The molecule has 0 bridgehead atoms. The maximum atomic E-state index is 8.55. The molecule has 1 N–H and O–H groups in total. The summed E-state index contributed by atoms with van der Waals surface area (Å²) in [5, 5.41) is 11.9. The maximum absolute atomic E-state index is 8.55. The number of aryl methyl sites for hydroxylation is 1. The molecule has 0 spiro atoms. The molecular weight excluding hydrogens is 236 g/mol. The lowest BCUT2D eigenvalue weighted by atomic mass is 9.82. The van der Waals surface area contributed by atoms with Gasteiger partial charge in [-0.1, -0.05) is 32.9 Å². The predicted molar refractivity (Wildman–Crippen MR) is 78.5 cm³/mol. The molecule has 0 aliphatic carbocycles. The maximum Gasteiger partial charge on any atom is 0.122 e. The Morgan fingerprint density at radius 3 is 2.68 bits per heavy atom. The molecular formula is C16H24N2O. The summed E-state index contributed by atoms with van der Waals surface area (Å²) < 4.78 is 5.48. The van der Waals surface area contributed by atoms with Crippen LogP contribution in [0.15, 0.2) is 18.2 Å². The molecule has 104 valence electrons. The van der Waals surface area contributed by atoms with Gasteiger partial charge in [-0.25, -0.2) is 0 Å². The van der Waals surface area contributed by atoms with Gasteiger partial charge in [-0.3, -0.25) is 0 Å². The smallest absolute Gasteiger partial charge is 0.122 e. The Labute approximate surface area is 116 Å². The minimum absolute atomic E-state index is 0.0218. The zero-order chi connectivity index (χ0) is 14.3. The number of nitriles is 1. The zero-order valence-corrected chi connectivity index (χ0v) is 12.4. The van der Waals surface area contributed by atoms with Crippen molar-refractivity contribution in [3.63, 3.8) is 0 Å². The Balaban J connectivity index is 2.88. The highest BCUT2D eigenvalue weighted by Gasteiger charge is 2.24. The van der Waals surface area contributed by atoms with Gasteiger partial charge in [0.15, 0.2) is 0 Å². The first-order chi connectivity index (χ1) is 9.05. The molecule has 0 fully saturated rings. The molecule has 0 atom stereocenters. The Hall–Kier alpha value is -1.53. The van der Waals surface area contributed by atoms with Gasteiger partial charge < -0.3 is 10.1 Å². The molecule has 1 aromatic carbocycles. The fourth-order valence-corrected chi connectivity index (χ4v) is 2.14. The Bertz CT molecular complexity index is 447. The van der Waals surface area contributed by atoms with Crippen molar-refractivity contribution in [3.8, 4) is 11.8 Å². The Morgan fingerprint density at radius 2 is 2.11 bits per heavy atom. The second-order valence-corrected chi connectivity index (χ2v) is 5.36. The highest BCUT2D eigenvalue weighted by molar-refractivity contribution is 5.42. The van der Waals surface area contributed by atoms with E-state index in [9.17, 15) is 0 Å². The number of methoxy groups -OCH3 is 1. The standard InChI is InChI=1S/C16H24N2O/c1-5-13-7-8-15(19-4)14(11-13)16(2,3)12-18-10-6-9-17/h7-8,11,18H,5-6,10,12H2,1-4H3. The van der Waals surface area contributed by atoms with E-state index in [2.05, 4.69) is 44.3 Å². The summed E-state index contributed by atoms with van der Waals surface area (Å²) in [6.45, 7) is 8.12. The molecule has 3 nitrogen and oxygen atoms in total. The van der Waals surface area contributed by atoms with Gasteiger partial charge in [0.25, 0.3) is 0 Å². The van der Waals surface area contributed by atoms with Crippen LogP contribution < -0.4 is 10.1 Å². The van der Waals surface area contributed by atoms with Crippen LogP contribution in [0.1, 0.15) is 38.3 Å². The molecule has 0 aromatic heterocycles. The van der Waals surface area contributed by atoms with E-state index in [-0.39, 0.29) is 5.41 Å². The van der Waals surface area contributed by atoms with Crippen LogP contribution in [-0.2, 0) is 11.8 Å². The molecule has 0 heterocycles. The lowest BCUT2D eigenvalue weighted by molar-refractivity contribution is 0.386. The summed E-state index contributed by atoms with van der Waals surface area (Å²) in [4.78, 5) is 0. The second-order valence-electron chi connectivity index (χ2n) is 5.36. The fraction of sp³-hybridized carbons (Fsp3) is 0.562. The molecule has 0 unspecified atom stereocenters. The van der Waals surface area contributed by atoms with Gasteiger partial charge in [-0.05, 0) is 18.1 Å². The van der Waals surface area contributed by atoms with E-state index in [0.717, 1.165) is 25.3 Å². The van der Waals surface area contributed by atoms with E-state index in [1.54, 1.807) is 7.11 Å². The van der Waals surface area contributed by atoms with Crippen molar-refractivity contribution in [3.05, 3.63) is 29.3 Å². The molecule has 0 saturated carbocycles. The topological polar surface area (TPSA) is 45.0 Å². The average Bonchev–Trinajstić information content (AvgIpc) is 2.43. The predicted octanol–water partition coefficient (Wildman–Crippen LogP) is 3.04. The van der Waals surface area contributed by atoms with Crippen LogP contribution in [0.25, 0.3) is 0 Å². The normalized spacial score (nSPS) is 11.1. The van der Waals surface area contributed by atoms with Crippen molar-refractivity contribution in [2.45, 2.75) is 39.0 Å². The van der Waals surface area contributed by atoms with E-state index in [4.69, 9.17) is 10.00 Å². The number of rotatable bonds is 7. The minimum atomic E-state index is -0.0218. The number of benzene rings is 1. The van der Waals surface area contributed by atoms with Crippen LogP contribution in [-0.4, -0.2) is 20.2 Å². The van der Waals surface area contributed by atoms with E-state index >= 15 is 0 Å². The summed E-state index contributed by atoms with van der Waals surface area (Å²) in [6, 6.07) is 8.53. The second kappa shape index (κ2) is 7.16. The highest BCUT2D eigenvalue weighted by Crippen LogP contribution is 2.32. The molecule has 0 aliphatic rings. The SMILES string of the molecule is CCc1ccc(OC)c(C(C)(C)CNCCC#N)c1. The van der Waals surface area contributed by atoms with E-state index in [0.29, 0.717) is 6.42 Å². The van der Waals surface area contributed by atoms with Crippen molar-refractivity contribution in [1.29, 1.82) is 5.26 Å². The van der Waals surface area contributed by atoms with E-state index in [1.807, 2.05) is 6.07 Å². The lowest BCUT2D eigenvalue weighted by Gasteiger charge is -2.28. The largest absolute Gasteiger partial charge is 0.496 e. The third kappa shape index (κ3) is 4.25. The first-order valence-electron chi connectivity index (χ1n) is 6.80. The molecule has 1 rings (SSSR count). The minimum Gasteiger partial charge on any atom is -0.496 e. The van der Waals surface area contributed by atoms with Crippen LogP contribution in [0.3, 0.4) is 0 Å². The molecule has 1 aromatic rings. The molecule has 0 aliphatic heterocycles. The van der Waals surface area contributed by atoms with Gasteiger partial charge in [0.05, 0.1) is 13.2 Å². The number of ether oxygens (including phenoxy) is 1. The van der Waals surface area contributed by atoms with Gasteiger partial charge in [-0.15, -0.1) is 0 Å². The summed E-state index contributed by atoms with van der Waals surface area (Å²) in [5.74, 6) is 0.935. The monoisotopic (exact) mass is 260 g/mol. The summed E-state index contributed by atoms with van der Waals surface area (Å²) in [6.07, 6.45) is 1.57. The van der Waals surface area contributed by atoms with Crippen molar-refractivity contribution < 1.29 is 4.74 Å². The highest BCUT2D eigenvalue weighted by atomic mass is 16.5. The fourth-order valence-electron chi connectivity index (χ4n) is 2.14. The lowest BCUT2D eigenvalue weighted by Crippen LogP contribution is -2.33. The Morgan fingerprint density at radius 1 is 1.37 bits per heavy atom. The number of nitrogens with zero attached hydrogens (tertiary/aromatic N) is 1. The van der Waals surface area contributed by atoms with E-state index in [1.165, 1.54) is 11.1 Å². The van der Waals surface area contributed by atoms with Gasteiger partial charge in [-0.2, -0.15) is 5.26 Å². The Kier molecular flexibility index (Phi) is 5.85. The molecule has 19 heavy (non-hydrogen) atoms. The third-order valence-corrected chi connectivity index (χ3v) is 3.38. The van der Waals surface area contributed by atoms with Crippen molar-refractivity contribution in [2.75, 3.05) is 20.2 Å². The number of nitrogens with one attached hydrogen (secondary N) is 1. The summed E-state index contributed by atoms with van der Waals surface area (Å²) in [5.41, 5.74) is 2.52. The van der Waals surface area contributed by atoms with Crippen LogP contribution in [0.4, 0.5) is 0 Å². The number of hydrogen-bond donors (Lipinski definition) is 1. The van der Waals surface area contributed by atoms with Crippen molar-refractivity contribution in [2.24, 2.45) is 0 Å². The van der Waals surface area contributed by atoms with Crippen molar-refractivity contribution in [1.82, 2.24) is 5.32 Å². The van der Waals surface area contributed by atoms with Gasteiger partial charge in [0, 0.05) is 30.5 Å². The van der Waals surface area contributed by atoms with Gasteiger partial charge in [0.2, 0.25) is 0 Å². The van der Waals surface area contributed by atoms with Gasteiger partial charge in [0.1, 0.15) is 5.75 Å². The summed E-state index contributed by atoms with van der Waals surface area (Å²) in [7, 11) is 1.71. The first kappa shape index (κ1) is 15.5. The molecule has 0 amide bonds. The summed E-state index contributed by atoms with van der Waals surface area (Å²) >= 11 is 0. The van der Waals surface area contributed by atoms with E-state index < -0.39 is 0 Å². The van der Waals surface area contributed by atoms with Crippen LogP contribution in [0, 0.1) is 11.3 Å². The van der Waals surface area contributed by atoms with Gasteiger partial charge >= 0.3 is 0 Å². The van der Waals surface area contributed by atoms with Crippen LogP contribution in [0.2, 0.25) is 0 Å². The molecule has 0 saturated heterocycles. The zero-order valence-electron chi connectivity index (χ0n) is 12.4.